The summed E-state index contributed by atoms with van der Waals surface area (Å²) in [6, 6.07) is 18.7. The Balaban J connectivity index is 1.89. The summed E-state index contributed by atoms with van der Waals surface area (Å²) in [6.07, 6.45) is 0.930. The molecule has 0 bridgehead atoms. The first-order chi connectivity index (χ1) is 10.3. The molecular formula is C18H23NO2. The molecule has 0 heterocycles. The van der Waals surface area contributed by atoms with Crippen LogP contribution in [-0.2, 0) is 11.2 Å². The third-order valence-electron chi connectivity index (χ3n) is 3.49. The number of nitrogens with one attached hydrogen (secondary N) is 1. The second-order valence-electron chi connectivity index (χ2n) is 4.95. The molecule has 1 atom stereocenters. The van der Waals surface area contributed by atoms with E-state index in [4.69, 9.17) is 9.47 Å². The van der Waals surface area contributed by atoms with E-state index in [0.29, 0.717) is 6.61 Å². The Morgan fingerprint density at radius 1 is 1.00 bits per heavy atom. The average molecular weight is 285 g/mol. The van der Waals surface area contributed by atoms with Crippen LogP contribution in [0.25, 0.3) is 0 Å². The fourth-order valence-electron chi connectivity index (χ4n) is 2.18. The molecule has 2 rings (SSSR count). The highest BCUT2D eigenvalue weighted by Crippen LogP contribution is 2.17. The summed E-state index contributed by atoms with van der Waals surface area (Å²) in [7, 11) is 3.67. The molecule has 0 aliphatic carbocycles. The second kappa shape index (κ2) is 8.45. The topological polar surface area (TPSA) is 30.5 Å². The summed E-state index contributed by atoms with van der Waals surface area (Å²) in [4.78, 5) is 0. The van der Waals surface area contributed by atoms with E-state index in [2.05, 4.69) is 29.6 Å². The van der Waals surface area contributed by atoms with E-state index in [1.165, 1.54) is 11.1 Å². The molecular weight excluding hydrogens is 262 g/mol. The van der Waals surface area contributed by atoms with Crippen LogP contribution in [0.4, 0.5) is 0 Å². The van der Waals surface area contributed by atoms with E-state index in [9.17, 15) is 0 Å². The molecule has 0 radical (unpaired) electrons. The van der Waals surface area contributed by atoms with Gasteiger partial charge in [0.1, 0.15) is 12.4 Å². The molecule has 0 aliphatic heterocycles. The Morgan fingerprint density at radius 3 is 2.33 bits per heavy atom. The van der Waals surface area contributed by atoms with Crippen molar-refractivity contribution in [2.75, 3.05) is 27.4 Å². The fraction of sp³-hybridized carbons (Fsp3) is 0.333. The lowest BCUT2D eigenvalue weighted by Gasteiger charge is -2.17. The maximum absolute atomic E-state index is 5.88. The van der Waals surface area contributed by atoms with Crippen molar-refractivity contribution >= 4 is 0 Å². The summed E-state index contributed by atoms with van der Waals surface area (Å²) >= 11 is 0. The molecule has 1 unspecified atom stereocenters. The van der Waals surface area contributed by atoms with E-state index in [1.807, 2.05) is 37.4 Å². The Labute approximate surface area is 126 Å². The van der Waals surface area contributed by atoms with Gasteiger partial charge in [0.2, 0.25) is 0 Å². The molecule has 0 amide bonds. The van der Waals surface area contributed by atoms with Crippen molar-refractivity contribution in [1.82, 2.24) is 5.32 Å². The highest BCUT2D eigenvalue weighted by atomic mass is 16.5. The van der Waals surface area contributed by atoms with Crippen molar-refractivity contribution in [2.45, 2.75) is 12.5 Å². The molecule has 0 aliphatic rings. The molecule has 0 fully saturated rings. The molecule has 3 heteroatoms. The number of rotatable bonds is 8. The second-order valence-corrected chi connectivity index (χ2v) is 4.95. The van der Waals surface area contributed by atoms with Gasteiger partial charge in [-0.3, -0.25) is 0 Å². The van der Waals surface area contributed by atoms with Crippen molar-refractivity contribution in [3.8, 4) is 5.75 Å². The Kier molecular flexibility index (Phi) is 6.25. The first kappa shape index (κ1) is 15.5. The summed E-state index contributed by atoms with van der Waals surface area (Å²) in [5.74, 6) is 0.896. The molecule has 2 aromatic rings. The zero-order valence-corrected chi connectivity index (χ0v) is 12.7. The predicted molar refractivity (Wildman–Crippen MR) is 85.8 cm³/mol. The average Bonchev–Trinajstić information content (AvgIpc) is 2.55. The van der Waals surface area contributed by atoms with Gasteiger partial charge in [0.05, 0.1) is 12.6 Å². The van der Waals surface area contributed by atoms with Gasteiger partial charge >= 0.3 is 0 Å². The Hall–Kier alpha value is -1.84. The number of hydrogen-bond acceptors (Lipinski definition) is 3. The molecule has 0 saturated carbocycles. The highest BCUT2D eigenvalue weighted by Gasteiger charge is 2.09. The van der Waals surface area contributed by atoms with Crippen molar-refractivity contribution in [3.05, 3.63) is 65.7 Å². The van der Waals surface area contributed by atoms with Crippen LogP contribution in [0.15, 0.2) is 54.6 Å². The van der Waals surface area contributed by atoms with Crippen LogP contribution in [0.3, 0.4) is 0 Å². The van der Waals surface area contributed by atoms with Gasteiger partial charge in [-0.05, 0) is 36.7 Å². The van der Waals surface area contributed by atoms with Gasteiger partial charge in [0.15, 0.2) is 0 Å². The number of likely N-dealkylation sites (N-methyl/N-ethyl adjacent to an activating group) is 1. The minimum atomic E-state index is 0.194. The maximum Gasteiger partial charge on any atom is 0.119 e. The molecule has 112 valence electrons. The first-order valence-electron chi connectivity index (χ1n) is 7.26. The molecule has 1 N–H and O–H groups in total. The standard InChI is InChI=1S/C18H23NO2/c1-19-18(16-6-4-3-5-7-16)14-21-17-10-8-15(9-11-17)12-13-20-2/h3-11,18-19H,12-14H2,1-2H3. The van der Waals surface area contributed by atoms with Crippen molar-refractivity contribution in [2.24, 2.45) is 0 Å². The van der Waals surface area contributed by atoms with Crippen LogP contribution in [0.5, 0.6) is 5.75 Å². The van der Waals surface area contributed by atoms with E-state index in [0.717, 1.165) is 18.8 Å². The summed E-state index contributed by atoms with van der Waals surface area (Å²) in [5.41, 5.74) is 2.49. The van der Waals surface area contributed by atoms with Crippen LogP contribution >= 0.6 is 0 Å². The van der Waals surface area contributed by atoms with Gasteiger partial charge in [-0.1, -0.05) is 42.5 Å². The number of methoxy groups -OCH3 is 1. The SMILES string of the molecule is CNC(COc1ccc(CCOC)cc1)c1ccccc1. The number of benzene rings is 2. The first-order valence-corrected chi connectivity index (χ1v) is 7.26. The van der Waals surface area contributed by atoms with E-state index >= 15 is 0 Å². The zero-order valence-electron chi connectivity index (χ0n) is 12.7. The van der Waals surface area contributed by atoms with Crippen LogP contribution < -0.4 is 10.1 Å². The predicted octanol–water partition coefficient (Wildman–Crippen LogP) is 3.22. The summed E-state index contributed by atoms with van der Waals surface area (Å²) in [6.45, 7) is 1.36. The number of ether oxygens (including phenoxy) is 2. The van der Waals surface area contributed by atoms with Crippen LogP contribution in [0.1, 0.15) is 17.2 Å². The zero-order chi connectivity index (χ0) is 14.9. The van der Waals surface area contributed by atoms with Gasteiger partial charge in [-0.15, -0.1) is 0 Å². The molecule has 0 saturated heterocycles. The number of hydrogen-bond donors (Lipinski definition) is 1. The third kappa shape index (κ3) is 4.88. The lowest BCUT2D eigenvalue weighted by Crippen LogP contribution is -2.23. The summed E-state index contributed by atoms with van der Waals surface area (Å²) < 4.78 is 11.0. The highest BCUT2D eigenvalue weighted by molar-refractivity contribution is 5.28. The molecule has 21 heavy (non-hydrogen) atoms. The Bertz CT molecular complexity index is 511. The molecule has 0 aromatic heterocycles. The molecule has 0 spiro atoms. The van der Waals surface area contributed by atoms with E-state index < -0.39 is 0 Å². The van der Waals surface area contributed by atoms with E-state index in [-0.39, 0.29) is 6.04 Å². The Morgan fingerprint density at radius 2 is 1.71 bits per heavy atom. The summed E-state index contributed by atoms with van der Waals surface area (Å²) in [5, 5.41) is 3.29. The van der Waals surface area contributed by atoms with Crippen LogP contribution in [0, 0.1) is 0 Å². The van der Waals surface area contributed by atoms with Crippen LogP contribution in [-0.4, -0.2) is 27.4 Å². The molecule has 3 nitrogen and oxygen atoms in total. The quantitative estimate of drug-likeness (QED) is 0.808. The van der Waals surface area contributed by atoms with Crippen molar-refractivity contribution < 1.29 is 9.47 Å². The monoisotopic (exact) mass is 285 g/mol. The largest absolute Gasteiger partial charge is 0.492 e. The van der Waals surface area contributed by atoms with Gasteiger partial charge < -0.3 is 14.8 Å². The van der Waals surface area contributed by atoms with Gasteiger partial charge in [-0.25, -0.2) is 0 Å². The minimum absolute atomic E-state index is 0.194. The maximum atomic E-state index is 5.88. The minimum Gasteiger partial charge on any atom is -0.492 e. The van der Waals surface area contributed by atoms with Gasteiger partial charge in [-0.2, -0.15) is 0 Å². The normalized spacial score (nSPS) is 12.1. The van der Waals surface area contributed by atoms with Crippen molar-refractivity contribution in [3.63, 3.8) is 0 Å². The lowest BCUT2D eigenvalue weighted by atomic mass is 10.1. The van der Waals surface area contributed by atoms with Gasteiger partial charge in [0.25, 0.3) is 0 Å². The van der Waals surface area contributed by atoms with Crippen LogP contribution in [0.2, 0.25) is 0 Å². The smallest absolute Gasteiger partial charge is 0.119 e. The van der Waals surface area contributed by atoms with E-state index in [1.54, 1.807) is 7.11 Å². The van der Waals surface area contributed by atoms with Gasteiger partial charge in [0, 0.05) is 7.11 Å². The third-order valence-corrected chi connectivity index (χ3v) is 3.49. The fourth-order valence-corrected chi connectivity index (χ4v) is 2.18. The lowest BCUT2D eigenvalue weighted by molar-refractivity contribution is 0.202. The van der Waals surface area contributed by atoms with Crippen molar-refractivity contribution in [1.29, 1.82) is 0 Å². The molecule has 2 aromatic carbocycles.